The maximum absolute atomic E-state index is 12.9. The number of para-hydroxylation sites is 1. The molecule has 0 saturated carbocycles. The average molecular weight is 371 g/mol. The third kappa shape index (κ3) is 3.32. The fourth-order valence-electron chi connectivity index (χ4n) is 4.42. The van der Waals surface area contributed by atoms with Gasteiger partial charge in [0.1, 0.15) is 0 Å². The van der Waals surface area contributed by atoms with Crippen LogP contribution >= 0.6 is 0 Å². The van der Waals surface area contributed by atoms with Crippen LogP contribution in [0.15, 0.2) is 24.3 Å². The van der Waals surface area contributed by atoms with E-state index in [-0.39, 0.29) is 30.7 Å². The molecule has 1 aromatic carbocycles. The molecule has 144 valence electrons. The number of amides is 3. The molecule has 2 atom stereocenters. The Morgan fingerprint density at radius 2 is 1.81 bits per heavy atom. The van der Waals surface area contributed by atoms with E-state index in [1.54, 1.807) is 9.80 Å². The maximum atomic E-state index is 12.9. The molecule has 3 aliphatic heterocycles. The summed E-state index contributed by atoms with van der Waals surface area (Å²) >= 11 is 0. The van der Waals surface area contributed by atoms with Crippen LogP contribution in [0.2, 0.25) is 0 Å². The van der Waals surface area contributed by atoms with Gasteiger partial charge in [-0.15, -0.1) is 0 Å². The standard InChI is InChI=1S/C20H25N3O4/c24-17(12-15-14-6-1-2-7-16(14)21-18(15)25)23-11-5-8-20(27,13-23)19(26)22-9-3-4-10-22/h1-2,6-7,15,27H,3-5,8-13H2,(H,21,25). The number of likely N-dealkylation sites (tertiary alicyclic amines) is 2. The molecule has 27 heavy (non-hydrogen) atoms. The topological polar surface area (TPSA) is 90.0 Å². The van der Waals surface area contributed by atoms with Crippen molar-refractivity contribution in [3.63, 3.8) is 0 Å². The van der Waals surface area contributed by atoms with Gasteiger partial charge in [-0.3, -0.25) is 14.4 Å². The number of piperidine rings is 1. The normalized spacial score (nSPS) is 27.4. The predicted octanol–water partition coefficient (Wildman–Crippen LogP) is 1.09. The van der Waals surface area contributed by atoms with Crippen LogP contribution in [0.4, 0.5) is 5.69 Å². The maximum Gasteiger partial charge on any atom is 0.256 e. The molecule has 2 unspecified atom stereocenters. The number of fused-ring (bicyclic) bond motifs is 1. The third-order valence-corrected chi connectivity index (χ3v) is 5.90. The number of aliphatic hydroxyl groups is 1. The monoisotopic (exact) mass is 371 g/mol. The number of nitrogens with zero attached hydrogens (tertiary/aromatic N) is 2. The summed E-state index contributed by atoms with van der Waals surface area (Å²) < 4.78 is 0. The van der Waals surface area contributed by atoms with Crippen molar-refractivity contribution >= 4 is 23.4 Å². The zero-order valence-electron chi connectivity index (χ0n) is 15.3. The molecule has 0 spiro atoms. The van der Waals surface area contributed by atoms with Crippen LogP contribution in [0.3, 0.4) is 0 Å². The lowest BCUT2D eigenvalue weighted by Gasteiger charge is -2.40. The second kappa shape index (κ2) is 6.96. The number of β-amino-alcohol motifs (C(OH)–C–C–N with tert-alkyl or cyclic N) is 1. The molecule has 0 radical (unpaired) electrons. The van der Waals surface area contributed by atoms with E-state index in [0.29, 0.717) is 32.5 Å². The molecule has 0 aromatic heterocycles. The Labute approximate surface area is 158 Å². The van der Waals surface area contributed by atoms with Gasteiger partial charge in [0.15, 0.2) is 5.60 Å². The number of hydrogen-bond acceptors (Lipinski definition) is 4. The number of carbonyl (C=O) groups is 3. The number of anilines is 1. The van der Waals surface area contributed by atoms with Gasteiger partial charge in [-0.1, -0.05) is 18.2 Å². The van der Waals surface area contributed by atoms with Crippen molar-refractivity contribution in [1.82, 2.24) is 9.80 Å². The Morgan fingerprint density at radius 1 is 1.11 bits per heavy atom. The van der Waals surface area contributed by atoms with E-state index in [2.05, 4.69) is 5.32 Å². The summed E-state index contributed by atoms with van der Waals surface area (Å²) in [6.07, 6.45) is 2.92. The Morgan fingerprint density at radius 3 is 2.59 bits per heavy atom. The fourth-order valence-corrected chi connectivity index (χ4v) is 4.42. The van der Waals surface area contributed by atoms with Crippen LogP contribution in [0.1, 0.15) is 43.6 Å². The highest BCUT2D eigenvalue weighted by molar-refractivity contribution is 6.05. The molecule has 3 aliphatic rings. The molecule has 3 amide bonds. The second-order valence-electron chi connectivity index (χ2n) is 7.78. The highest BCUT2D eigenvalue weighted by Gasteiger charge is 2.45. The highest BCUT2D eigenvalue weighted by Crippen LogP contribution is 2.35. The highest BCUT2D eigenvalue weighted by atomic mass is 16.3. The van der Waals surface area contributed by atoms with Crippen LogP contribution in [0.5, 0.6) is 0 Å². The van der Waals surface area contributed by atoms with Crippen LogP contribution < -0.4 is 5.32 Å². The molecule has 2 N–H and O–H groups in total. The Kier molecular flexibility index (Phi) is 4.63. The molecule has 1 aromatic rings. The summed E-state index contributed by atoms with van der Waals surface area (Å²) in [6.45, 7) is 1.86. The second-order valence-corrected chi connectivity index (χ2v) is 7.78. The van der Waals surface area contributed by atoms with Crippen molar-refractivity contribution in [1.29, 1.82) is 0 Å². The van der Waals surface area contributed by atoms with Gasteiger partial charge in [-0.05, 0) is 37.3 Å². The minimum Gasteiger partial charge on any atom is -0.378 e. The summed E-state index contributed by atoms with van der Waals surface area (Å²) in [5.74, 6) is -1.15. The smallest absolute Gasteiger partial charge is 0.256 e. The quantitative estimate of drug-likeness (QED) is 0.832. The Balaban J connectivity index is 1.44. The van der Waals surface area contributed by atoms with Crippen LogP contribution in [-0.4, -0.2) is 64.4 Å². The number of nitrogens with one attached hydrogen (secondary N) is 1. The van der Waals surface area contributed by atoms with Gasteiger partial charge in [-0.25, -0.2) is 0 Å². The van der Waals surface area contributed by atoms with E-state index in [0.717, 1.165) is 24.1 Å². The van der Waals surface area contributed by atoms with Crippen molar-refractivity contribution in [2.75, 3.05) is 31.5 Å². The van der Waals surface area contributed by atoms with Gasteiger partial charge < -0.3 is 20.2 Å². The SMILES string of the molecule is O=C1Nc2ccccc2C1CC(=O)N1CCCC(O)(C(=O)N2CCCC2)C1. The average Bonchev–Trinajstić information content (AvgIpc) is 3.30. The van der Waals surface area contributed by atoms with E-state index >= 15 is 0 Å². The van der Waals surface area contributed by atoms with E-state index < -0.39 is 11.5 Å². The van der Waals surface area contributed by atoms with Gasteiger partial charge >= 0.3 is 0 Å². The lowest BCUT2D eigenvalue weighted by atomic mass is 9.90. The number of benzene rings is 1. The minimum atomic E-state index is -1.51. The first kappa shape index (κ1) is 18.0. The summed E-state index contributed by atoms with van der Waals surface area (Å²) in [5, 5.41) is 13.7. The number of rotatable bonds is 3. The molecular formula is C20H25N3O4. The molecule has 7 heteroatoms. The first-order valence-corrected chi connectivity index (χ1v) is 9.67. The first-order chi connectivity index (χ1) is 13.0. The molecule has 4 rings (SSSR count). The molecule has 7 nitrogen and oxygen atoms in total. The zero-order chi connectivity index (χ0) is 19.0. The molecule has 0 aliphatic carbocycles. The largest absolute Gasteiger partial charge is 0.378 e. The summed E-state index contributed by atoms with van der Waals surface area (Å²) in [6, 6.07) is 7.38. The van der Waals surface area contributed by atoms with Crippen molar-refractivity contribution in [3.05, 3.63) is 29.8 Å². The minimum absolute atomic E-state index is 0.0111. The van der Waals surface area contributed by atoms with Crippen molar-refractivity contribution in [2.24, 2.45) is 0 Å². The number of hydrogen-bond donors (Lipinski definition) is 2. The van der Waals surface area contributed by atoms with Gasteiger partial charge in [0, 0.05) is 31.7 Å². The summed E-state index contributed by atoms with van der Waals surface area (Å²) in [4.78, 5) is 41.1. The fraction of sp³-hybridized carbons (Fsp3) is 0.550. The lowest BCUT2D eigenvalue weighted by Crippen LogP contribution is -2.58. The first-order valence-electron chi connectivity index (χ1n) is 9.67. The van der Waals surface area contributed by atoms with Crippen LogP contribution in [0, 0.1) is 0 Å². The Hall–Kier alpha value is -2.41. The van der Waals surface area contributed by atoms with Crippen molar-refractivity contribution < 1.29 is 19.5 Å². The third-order valence-electron chi connectivity index (χ3n) is 5.90. The Bertz CT molecular complexity index is 774. The van der Waals surface area contributed by atoms with E-state index in [1.807, 2.05) is 24.3 Å². The van der Waals surface area contributed by atoms with Crippen LogP contribution in [0.25, 0.3) is 0 Å². The zero-order valence-corrected chi connectivity index (χ0v) is 15.3. The molecular weight excluding hydrogens is 346 g/mol. The molecule has 3 heterocycles. The summed E-state index contributed by atoms with van der Waals surface area (Å²) in [5.41, 5.74) is 0.0737. The van der Waals surface area contributed by atoms with E-state index in [1.165, 1.54) is 0 Å². The van der Waals surface area contributed by atoms with Gasteiger partial charge in [0.05, 0.1) is 12.5 Å². The molecule has 2 saturated heterocycles. The van der Waals surface area contributed by atoms with Crippen molar-refractivity contribution in [3.8, 4) is 0 Å². The predicted molar refractivity (Wildman–Crippen MR) is 99.0 cm³/mol. The van der Waals surface area contributed by atoms with Gasteiger partial charge in [-0.2, -0.15) is 0 Å². The van der Waals surface area contributed by atoms with Crippen LogP contribution in [-0.2, 0) is 14.4 Å². The van der Waals surface area contributed by atoms with E-state index in [4.69, 9.17) is 0 Å². The molecule has 2 fully saturated rings. The van der Waals surface area contributed by atoms with Gasteiger partial charge in [0.2, 0.25) is 11.8 Å². The van der Waals surface area contributed by atoms with E-state index in [9.17, 15) is 19.5 Å². The lowest BCUT2D eigenvalue weighted by molar-refractivity contribution is -0.159. The van der Waals surface area contributed by atoms with Gasteiger partial charge in [0.25, 0.3) is 5.91 Å². The molecule has 0 bridgehead atoms. The summed E-state index contributed by atoms with van der Waals surface area (Å²) in [7, 11) is 0. The van der Waals surface area contributed by atoms with Crippen molar-refractivity contribution in [2.45, 2.75) is 43.6 Å². The number of carbonyl (C=O) groups excluding carboxylic acids is 3.